The quantitative estimate of drug-likeness (QED) is 0.225. The van der Waals surface area contributed by atoms with Gasteiger partial charge >= 0.3 is 0 Å². The number of anilines is 1. The third-order valence-electron chi connectivity index (χ3n) is 5.89. The summed E-state index contributed by atoms with van der Waals surface area (Å²) < 4.78 is 10.7. The maximum atomic E-state index is 13.7. The molecule has 0 unspecified atom stereocenters. The molecule has 1 aliphatic rings. The number of hydrogen-bond acceptors (Lipinski definition) is 8. The van der Waals surface area contributed by atoms with Crippen molar-refractivity contribution in [2.24, 2.45) is 0 Å². The Morgan fingerprint density at radius 1 is 0.917 bits per heavy atom. The minimum Gasteiger partial charge on any atom is -0.493 e. The molecule has 2 aromatic carbocycles. The maximum Gasteiger partial charge on any atom is 0.277 e. The topological polar surface area (TPSA) is 117 Å². The number of nitrogens with zero attached hydrogens (tertiary/aromatic N) is 4. The van der Waals surface area contributed by atoms with Crippen LogP contribution in [-0.4, -0.2) is 72.3 Å². The van der Waals surface area contributed by atoms with Gasteiger partial charge in [-0.2, -0.15) is 0 Å². The number of hydroxylamine groups is 1. The molecule has 0 aliphatic carbocycles. The van der Waals surface area contributed by atoms with Crippen LogP contribution in [0, 0.1) is 0 Å². The van der Waals surface area contributed by atoms with Crippen molar-refractivity contribution in [1.82, 2.24) is 20.3 Å². The molecule has 1 aliphatic heterocycles. The van der Waals surface area contributed by atoms with Crippen LogP contribution in [0.1, 0.15) is 21.5 Å². The first-order chi connectivity index (χ1) is 17.5. The molecular formula is C26H27N5O5. The van der Waals surface area contributed by atoms with Gasteiger partial charge in [-0.3, -0.25) is 14.8 Å². The SMILES string of the molecule is COc1ccc(/C=C(/C(=O)N2CCN(c3ncc(C(=O)NO)cn3)CC2)c2ccccc2)cc1OC. The summed E-state index contributed by atoms with van der Waals surface area (Å²) in [7, 11) is 3.16. The van der Waals surface area contributed by atoms with E-state index in [0.717, 1.165) is 11.1 Å². The number of rotatable bonds is 7. The van der Waals surface area contributed by atoms with Gasteiger partial charge in [0.15, 0.2) is 11.5 Å². The van der Waals surface area contributed by atoms with Gasteiger partial charge in [0.25, 0.3) is 11.8 Å². The first-order valence-electron chi connectivity index (χ1n) is 11.3. The number of amides is 2. The zero-order valence-corrected chi connectivity index (χ0v) is 20.0. The fourth-order valence-electron chi connectivity index (χ4n) is 3.94. The minimum absolute atomic E-state index is 0.0773. The molecule has 0 saturated carbocycles. The van der Waals surface area contributed by atoms with Gasteiger partial charge in [-0.05, 0) is 29.3 Å². The number of ether oxygens (including phenoxy) is 2. The largest absolute Gasteiger partial charge is 0.493 e. The molecule has 10 heteroatoms. The van der Waals surface area contributed by atoms with E-state index in [1.54, 1.807) is 19.7 Å². The maximum absolute atomic E-state index is 13.7. The molecule has 2 N–H and O–H groups in total. The van der Waals surface area contributed by atoms with E-state index >= 15 is 0 Å². The molecule has 10 nitrogen and oxygen atoms in total. The number of carbonyl (C=O) groups is 2. The van der Waals surface area contributed by atoms with Gasteiger partial charge in [0.2, 0.25) is 5.95 Å². The highest BCUT2D eigenvalue weighted by molar-refractivity contribution is 6.24. The lowest BCUT2D eigenvalue weighted by atomic mass is 10.0. The van der Waals surface area contributed by atoms with Crippen LogP contribution in [0.15, 0.2) is 60.9 Å². The van der Waals surface area contributed by atoms with Crippen LogP contribution in [0.2, 0.25) is 0 Å². The van der Waals surface area contributed by atoms with Crippen molar-refractivity contribution in [3.63, 3.8) is 0 Å². The Morgan fingerprint density at radius 3 is 2.19 bits per heavy atom. The van der Waals surface area contributed by atoms with Crippen LogP contribution in [-0.2, 0) is 4.79 Å². The first kappa shape index (κ1) is 24.7. The smallest absolute Gasteiger partial charge is 0.277 e. The third-order valence-corrected chi connectivity index (χ3v) is 5.89. The first-order valence-corrected chi connectivity index (χ1v) is 11.3. The molecular weight excluding hydrogens is 462 g/mol. The lowest BCUT2D eigenvalue weighted by molar-refractivity contribution is -0.125. The fraction of sp³-hybridized carbons (Fsp3) is 0.231. The summed E-state index contributed by atoms with van der Waals surface area (Å²) in [5.41, 5.74) is 3.93. The molecule has 186 valence electrons. The summed E-state index contributed by atoms with van der Waals surface area (Å²) in [5.74, 6) is 0.909. The second kappa shape index (κ2) is 11.3. The van der Waals surface area contributed by atoms with E-state index < -0.39 is 5.91 Å². The zero-order valence-electron chi connectivity index (χ0n) is 20.0. The average molecular weight is 490 g/mol. The van der Waals surface area contributed by atoms with Crippen molar-refractivity contribution in [3.05, 3.63) is 77.6 Å². The van der Waals surface area contributed by atoms with E-state index in [1.165, 1.54) is 12.4 Å². The molecule has 0 spiro atoms. The van der Waals surface area contributed by atoms with Gasteiger partial charge in [-0.15, -0.1) is 0 Å². The van der Waals surface area contributed by atoms with Crippen molar-refractivity contribution in [2.75, 3.05) is 45.3 Å². The second-order valence-electron chi connectivity index (χ2n) is 8.03. The van der Waals surface area contributed by atoms with Crippen LogP contribution in [0.4, 0.5) is 5.95 Å². The highest BCUT2D eigenvalue weighted by Crippen LogP contribution is 2.30. The van der Waals surface area contributed by atoms with E-state index in [9.17, 15) is 9.59 Å². The van der Waals surface area contributed by atoms with E-state index in [0.29, 0.717) is 49.2 Å². The average Bonchev–Trinajstić information content (AvgIpc) is 2.95. The van der Waals surface area contributed by atoms with Crippen LogP contribution in [0.5, 0.6) is 11.5 Å². The summed E-state index contributed by atoms with van der Waals surface area (Å²) in [6.07, 6.45) is 4.57. The molecule has 1 aromatic heterocycles. The Hall–Kier alpha value is -4.44. The Balaban J connectivity index is 1.53. The number of methoxy groups -OCH3 is 2. The van der Waals surface area contributed by atoms with Crippen LogP contribution < -0.4 is 19.9 Å². The fourth-order valence-corrected chi connectivity index (χ4v) is 3.94. The highest BCUT2D eigenvalue weighted by atomic mass is 16.5. The van der Waals surface area contributed by atoms with E-state index in [1.807, 2.05) is 64.4 Å². The molecule has 2 amide bonds. The van der Waals surface area contributed by atoms with E-state index in [2.05, 4.69) is 9.97 Å². The molecule has 1 fully saturated rings. The highest BCUT2D eigenvalue weighted by Gasteiger charge is 2.26. The molecule has 0 bridgehead atoms. The summed E-state index contributed by atoms with van der Waals surface area (Å²) in [6, 6.07) is 15.1. The Kier molecular flexibility index (Phi) is 7.76. The van der Waals surface area contributed by atoms with E-state index in [-0.39, 0.29) is 11.5 Å². The lowest BCUT2D eigenvalue weighted by Crippen LogP contribution is -2.49. The minimum atomic E-state index is -0.674. The number of piperazine rings is 1. The van der Waals surface area contributed by atoms with Crippen LogP contribution in [0.25, 0.3) is 11.6 Å². The van der Waals surface area contributed by atoms with Crippen LogP contribution in [0.3, 0.4) is 0 Å². The lowest BCUT2D eigenvalue weighted by Gasteiger charge is -2.35. The summed E-state index contributed by atoms with van der Waals surface area (Å²) >= 11 is 0. The molecule has 1 saturated heterocycles. The van der Waals surface area contributed by atoms with Gasteiger partial charge in [-0.1, -0.05) is 36.4 Å². The molecule has 36 heavy (non-hydrogen) atoms. The van der Waals surface area contributed by atoms with Gasteiger partial charge in [0.1, 0.15) is 0 Å². The predicted octanol–water partition coefficient (Wildman–Crippen LogP) is 2.50. The van der Waals surface area contributed by atoms with Crippen molar-refractivity contribution < 1.29 is 24.3 Å². The Morgan fingerprint density at radius 2 is 1.58 bits per heavy atom. The summed E-state index contributed by atoms with van der Waals surface area (Å²) in [6.45, 7) is 2.04. The summed E-state index contributed by atoms with van der Waals surface area (Å²) in [5, 5.41) is 8.74. The molecule has 0 atom stereocenters. The number of carbonyl (C=O) groups excluding carboxylic acids is 2. The van der Waals surface area contributed by atoms with Gasteiger partial charge in [0, 0.05) is 44.1 Å². The van der Waals surface area contributed by atoms with Gasteiger partial charge < -0.3 is 19.3 Å². The number of benzene rings is 2. The van der Waals surface area contributed by atoms with Gasteiger partial charge in [0.05, 0.1) is 19.8 Å². The number of nitrogens with one attached hydrogen (secondary N) is 1. The monoisotopic (exact) mass is 489 g/mol. The summed E-state index contributed by atoms with van der Waals surface area (Å²) in [4.78, 5) is 37.3. The predicted molar refractivity (Wildman–Crippen MR) is 134 cm³/mol. The Bertz CT molecular complexity index is 1240. The molecule has 0 radical (unpaired) electrons. The molecule has 4 rings (SSSR count). The Labute approximate surface area is 208 Å². The molecule has 3 aromatic rings. The number of hydrogen-bond donors (Lipinski definition) is 2. The third kappa shape index (κ3) is 5.44. The van der Waals surface area contributed by atoms with Crippen molar-refractivity contribution in [2.45, 2.75) is 0 Å². The number of aromatic nitrogens is 2. The van der Waals surface area contributed by atoms with E-state index in [4.69, 9.17) is 14.7 Å². The standard InChI is InChI=1S/C26H27N5O5/c1-35-22-9-8-18(15-23(22)36-2)14-21(19-6-4-3-5-7-19)25(33)30-10-12-31(13-11-30)26-27-16-20(17-28-26)24(32)29-34/h3-9,14-17,34H,10-13H2,1-2H3,(H,29,32)/b21-14+. The van der Waals surface area contributed by atoms with Crippen molar-refractivity contribution in [1.29, 1.82) is 0 Å². The van der Waals surface area contributed by atoms with Crippen molar-refractivity contribution in [3.8, 4) is 11.5 Å². The zero-order chi connectivity index (χ0) is 25.5. The second-order valence-corrected chi connectivity index (χ2v) is 8.03. The van der Waals surface area contributed by atoms with Crippen molar-refractivity contribution >= 4 is 29.4 Å². The van der Waals surface area contributed by atoms with Crippen LogP contribution >= 0.6 is 0 Å². The molecule has 2 heterocycles. The van der Waals surface area contributed by atoms with Gasteiger partial charge in [-0.25, -0.2) is 15.4 Å². The normalized spacial score (nSPS) is 13.8.